The van der Waals surface area contributed by atoms with Crippen molar-refractivity contribution in [2.45, 2.75) is 25.1 Å². The number of hydrogen-bond donors (Lipinski definition) is 1. The van der Waals surface area contributed by atoms with E-state index in [2.05, 4.69) is 0 Å². The molecule has 0 aromatic rings. The molecule has 6 heteroatoms. The summed E-state index contributed by atoms with van der Waals surface area (Å²) in [6.07, 6.45) is -6.39. The average Bonchev–Trinajstić information content (AvgIpc) is 1.56. The van der Waals surface area contributed by atoms with Crippen molar-refractivity contribution in [2.75, 3.05) is 0 Å². The van der Waals surface area contributed by atoms with E-state index in [4.69, 9.17) is 5.11 Å². The van der Waals surface area contributed by atoms with Gasteiger partial charge in [0.2, 0.25) is 0 Å². The number of hydrogen-bond acceptors (Lipinski definition) is 3. The number of carboxylic acid groups (broad SMARTS) is 1. The van der Waals surface area contributed by atoms with E-state index in [1.54, 1.807) is 0 Å². The minimum absolute atomic E-state index is 0.378. The number of carboxylic acids is 1. The first kappa shape index (κ1) is 10.2. The molecule has 66 valence electrons. The zero-order chi connectivity index (χ0) is 9.28. The highest BCUT2D eigenvalue weighted by molar-refractivity contribution is 5.65. The average molecular weight is 171 g/mol. The summed E-state index contributed by atoms with van der Waals surface area (Å²) in [7, 11) is 0. The second-order valence-electron chi connectivity index (χ2n) is 2.32. The highest BCUT2D eigenvalue weighted by Gasteiger charge is 2.49. The highest BCUT2D eigenvalue weighted by atomic mass is 19.4. The van der Waals surface area contributed by atoms with Crippen molar-refractivity contribution >= 4 is 5.97 Å². The third kappa shape index (κ3) is 2.75. The molecule has 1 N–H and O–H groups in total. The minimum Gasteiger partial charge on any atom is -0.550 e. The zero-order valence-corrected chi connectivity index (χ0v) is 5.60. The lowest BCUT2D eigenvalue weighted by Gasteiger charge is -2.26. The van der Waals surface area contributed by atoms with Crippen LogP contribution in [-0.2, 0) is 4.79 Å². The van der Waals surface area contributed by atoms with Crippen LogP contribution in [0.5, 0.6) is 0 Å². The van der Waals surface area contributed by atoms with E-state index < -0.39 is 24.2 Å². The van der Waals surface area contributed by atoms with Gasteiger partial charge in [-0.2, -0.15) is 13.2 Å². The van der Waals surface area contributed by atoms with Crippen LogP contribution in [-0.4, -0.2) is 22.9 Å². The molecule has 11 heavy (non-hydrogen) atoms. The Balaban J connectivity index is 4.34. The van der Waals surface area contributed by atoms with Gasteiger partial charge in [0.15, 0.2) is 5.60 Å². The maximum Gasteiger partial charge on any atom is 0.417 e. The van der Waals surface area contributed by atoms with Gasteiger partial charge in [0.05, 0.1) is 0 Å². The molecule has 3 nitrogen and oxygen atoms in total. The first-order chi connectivity index (χ1) is 4.67. The Morgan fingerprint density at radius 2 is 1.91 bits per heavy atom. The van der Waals surface area contributed by atoms with Gasteiger partial charge in [0.25, 0.3) is 0 Å². The van der Waals surface area contributed by atoms with E-state index in [0.717, 1.165) is 0 Å². The number of halogens is 3. The largest absolute Gasteiger partial charge is 0.550 e. The summed E-state index contributed by atoms with van der Waals surface area (Å²) in [5, 5.41) is 18.2. The number of carbonyl (C=O) groups excluding carboxylic acids is 1. The van der Waals surface area contributed by atoms with Gasteiger partial charge in [0.1, 0.15) is 0 Å². The predicted molar refractivity (Wildman–Crippen MR) is 26.3 cm³/mol. The van der Waals surface area contributed by atoms with Crippen LogP contribution in [0.15, 0.2) is 0 Å². The van der Waals surface area contributed by atoms with Crippen LogP contribution in [0.2, 0.25) is 0 Å². The Bertz CT molecular complexity index is 161. The Kier molecular flexibility index (Phi) is 2.50. The monoisotopic (exact) mass is 171 g/mol. The zero-order valence-electron chi connectivity index (χ0n) is 5.60. The van der Waals surface area contributed by atoms with E-state index in [9.17, 15) is 23.1 Å². The van der Waals surface area contributed by atoms with Crippen molar-refractivity contribution < 1.29 is 28.2 Å². The van der Waals surface area contributed by atoms with Gasteiger partial charge in [0, 0.05) is 12.4 Å². The number of aliphatic carboxylic acids is 1. The molecule has 0 aliphatic rings. The molecular formula is C5H6F3O3-. The molecule has 0 fully saturated rings. The van der Waals surface area contributed by atoms with Gasteiger partial charge in [-0.25, -0.2) is 0 Å². The van der Waals surface area contributed by atoms with Crippen LogP contribution in [0.4, 0.5) is 13.2 Å². The van der Waals surface area contributed by atoms with Gasteiger partial charge < -0.3 is 15.0 Å². The molecule has 0 saturated heterocycles. The third-order valence-corrected chi connectivity index (χ3v) is 1.10. The molecule has 0 heterocycles. The minimum atomic E-state index is -4.94. The molecule has 0 aromatic carbocycles. The SMILES string of the molecule is CC(O)(CC(=O)[O-])C(F)(F)F. The van der Waals surface area contributed by atoms with Crippen molar-refractivity contribution in [1.82, 2.24) is 0 Å². The standard InChI is InChI=1S/C5H7F3O3/c1-4(11,2-3(9)10)5(6,7)8/h11H,2H2,1H3,(H,9,10)/p-1. The molecule has 0 aliphatic carbocycles. The molecule has 0 saturated carbocycles. The summed E-state index contributed by atoms with van der Waals surface area (Å²) in [6.45, 7) is 0.378. The van der Waals surface area contributed by atoms with Crippen LogP contribution >= 0.6 is 0 Å². The smallest absolute Gasteiger partial charge is 0.417 e. The Labute approximate surface area is 60.4 Å². The summed E-state index contributed by atoms with van der Waals surface area (Å²) < 4.78 is 35.0. The molecule has 0 bridgehead atoms. The molecule has 0 aromatic heterocycles. The lowest BCUT2D eigenvalue weighted by Crippen LogP contribution is -2.46. The first-order valence-electron chi connectivity index (χ1n) is 2.66. The van der Waals surface area contributed by atoms with E-state index in [0.29, 0.717) is 6.92 Å². The predicted octanol–water partition coefficient (Wildman–Crippen LogP) is -0.560. The lowest BCUT2D eigenvalue weighted by atomic mass is 10.0. The van der Waals surface area contributed by atoms with Crippen molar-refractivity contribution in [3.05, 3.63) is 0 Å². The summed E-state index contributed by atoms with van der Waals surface area (Å²) in [5.41, 5.74) is -3.20. The Morgan fingerprint density at radius 1 is 1.55 bits per heavy atom. The Morgan fingerprint density at radius 3 is 2.00 bits per heavy atom. The van der Waals surface area contributed by atoms with Gasteiger partial charge in [-0.3, -0.25) is 0 Å². The van der Waals surface area contributed by atoms with Crippen LogP contribution < -0.4 is 5.11 Å². The van der Waals surface area contributed by atoms with E-state index >= 15 is 0 Å². The van der Waals surface area contributed by atoms with Gasteiger partial charge in [-0.05, 0) is 6.92 Å². The van der Waals surface area contributed by atoms with Gasteiger partial charge in [-0.1, -0.05) is 0 Å². The van der Waals surface area contributed by atoms with Crippen molar-refractivity contribution in [3.8, 4) is 0 Å². The van der Waals surface area contributed by atoms with Crippen molar-refractivity contribution in [2.24, 2.45) is 0 Å². The maximum absolute atomic E-state index is 11.7. The molecule has 0 amide bonds. The topological polar surface area (TPSA) is 60.4 Å². The number of rotatable bonds is 2. The van der Waals surface area contributed by atoms with Crippen LogP contribution in [0, 0.1) is 0 Å². The normalized spacial score (nSPS) is 17.5. The first-order valence-corrected chi connectivity index (χ1v) is 2.66. The molecule has 1 atom stereocenters. The second-order valence-corrected chi connectivity index (χ2v) is 2.32. The van der Waals surface area contributed by atoms with Crippen molar-refractivity contribution in [1.29, 1.82) is 0 Å². The molecule has 1 unspecified atom stereocenters. The quantitative estimate of drug-likeness (QED) is 0.605. The fraction of sp³-hybridized carbons (Fsp3) is 0.800. The summed E-state index contributed by atoms with van der Waals surface area (Å²) in [6, 6.07) is 0. The third-order valence-electron chi connectivity index (χ3n) is 1.10. The molecule has 0 radical (unpaired) electrons. The van der Waals surface area contributed by atoms with Crippen LogP contribution in [0.1, 0.15) is 13.3 Å². The van der Waals surface area contributed by atoms with Crippen LogP contribution in [0.25, 0.3) is 0 Å². The summed E-state index contributed by atoms with van der Waals surface area (Å²) >= 11 is 0. The second kappa shape index (κ2) is 2.69. The molecule has 0 aliphatic heterocycles. The van der Waals surface area contributed by atoms with E-state index in [-0.39, 0.29) is 0 Å². The molecular weight excluding hydrogens is 165 g/mol. The summed E-state index contributed by atoms with van der Waals surface area (Å²) in [5.74, 6) is -1.94. The van der Waals surface area contributed by atoms with E-state index in [1.807, 2.05) is 0 Å². The van der Waals surface area contributed by atoms with Gasteiger partial charge in [-0.15, -0.1) is 0 Å². The summed E-state index contributed by atoms with van der Waals surface area (Å²) in [4.78, 5) is 9.69. The highest BCUT2D eigenvalue weighted by Crippen LogP contribution is 2.31. The van der Waals surface area contributed by atoms with E-state index in [1.165, 1.54) is 0 Å². The van der Waals surface area contributed by atoms with Gasteiger partial charge >= 0.3 is 6.18 Å². The Hall–Kier alpha value is -0.780. The number of aliphatic hydroxyl groups is 1. The maximum atomic E-state index is 11.7. The molecule has 0 spiro atoms. The number of carbonyl (C=O) groups is 1. The molecule has 0 rings (SSSR count). The lowest BCUT2D eigenvalue weighted by molar-refractivity contribution is -0.320. The fourth-order valence-electron chi connectivity index (χ4n) is 0.381. The van der Waals surface area contributed by atoms with Crippen LogP contribution in [0.3, 0.4) is 0 Å². The van der Waals surface area contributed by atoms with Crippen molar-refractivity contribution in [3.63, 3.8) is 0 Å². The fourth-order valence-corrected chi connectivity index (χ4v) is 0.381. The number of alkyl halides is 3.